The number of nitro groups is 1. The molecule has 5 heteroatoms. The summed E-state index contributed by atoms with van der Waals surface area (Å²) in [7, 11) is 0. The number of hydrogen-bond acceptors (Lipinski definition) is 4. The van der Waals surface area contributed by atoms with Gasteiger partial charge in [0.1, 0.15) is 5.75 Å². The van der Waals surface area contributed by atoms with Crippen LogP contribution in [0.5, 0.6) is 5.75 Å². The predicted molar refractivity (Wildman–Crippen MR) is 61.8 cm³/mol. The van der Waals surface area contributed by atoms with Crippen molar-refractivity contribution >= 4 is 5.69 Å². The molecule has 0 aliphatic carbocycles. The zero-order valence-corrected chi connectivity index (χ0v) is 9.31. The van der Waals surface area contributed by atoms with Crippen LogP contribution < -0.4 is 10.1 Å². The first-order valence-electron chi connectivity index (χ1n) is 5.32. The van der Waals surface area contributed by atoms with Crippen molar-refractivity contribution in [2.75, 3.05) is 19.7 Å². The first kappa shape index (κ1) is 12.4. The first-order valence-corrected chi connectivity index (χ1v) is 5.32. The fraction of sp³-hybridized carbons (Fsp3) is 0.455. The third-order valence-electron chi connectivity index (χ3n) is 2.05. The van der Waals surface area contributed by atoms with Crippen LogP contribution in [0, 0.1) is 10.1 Å². The molecule has 16 heavy (non-hydrogen) atoms. The van der Waals surface area contributed by atoms with Gasteiger partial charge in [-0.05, 0) is 25.6 Å². The van der Waals surface area contributed by atoms with Gasteiger partial charge in [0.05, 0.1) is 17.6 Å². The smallest absolute Gasteiger partial charge is 0.273 e. The Kier molecular flexibility index (Phi) is 5.28. The lowest BCUT2D eigenvalue weighted by atomic mass is 10.3. The maximum absolute atomic E-state index is 10.5. The first-order chi connectivity index (χ1) is 7.74. The van der Waals surface area contributed by atoms with E-state index in [0.717, 1.165) is 19.5 Å². The summed E-state index contributed by atoms with van der Waals surface area (Å²) in [6.45, 7) is 4.44. The highest BCUT2D eigenvalue weighted by molar-refractivity contribution is 5.37. The molecule has 0 amide bonds. The van der Waals surface area contributed by atoms with Crippen molar-refractivity contribution in [1.29, 1.82) is 0 Å². The van der Waals surface area contributed by atoms with Crippen LogP contribution in [-0.4, -0.2) is 24.6 Å². The molecule has 5 nitrogen and oxygen atoms in total. The van der Waals surface area contributed by atoms with Crippen molar-refractivity contribution in [3.05, 3.63) is 34.4 Å². The summed E-state index contributed by atoms with van der Waals surface area (Å²) in [6, 6.07) is 6.23. The van der Waals surface area contributed by atoms with E-state index >= 15 is 0 Å². The van der Waals surface area contributed by atoms with Gasteiger partial charge in [-0.2, -0.15) is 0 Å². The molecule has 0 saturated heterocycles. The molecule has 0 aliphatic heterocycles. The minimum Gasteiger partial charge on any atom is -0.493 e. The second-order valence-electron chi connectivity index (χ2n) is 3.31. The van der Waals surface area contributed by atoms with E-state index in [-0.39, 0.29) is 5.69 Å². The van der Waals surface area contributed by atoms with Crippen molar-refractivity contribution in [1.82, 2.24) is 5.32 Å². The van der Waals surface area contributed by atoms with Gasteiger partial charge in [-0.25, -0.2) is 0 Å². The van der Waals surface area contributed by atoms with Crippen LogP contribution in [0.4, 0.5) is 5.69 Å². The second kappa shape index (κ2) is 6.79. The molecule has 0 unspecified atom stereocenters. The monoisotopic (exact) mass is 224 g/mol. The van der Waals surface area contributed by atoms with Gasteiger partial charge in [-0.3, -0.25) is 10.1 Å². The third kappa shape index (κ3) is 4.27. The molecule has 0 fully saturated rings. The average molecular weight is 224 g/mol. The summed E-state index contributed by atoms with van der Waals surface area (Å²) in [4.78, 5) is 10.1. The Balaban J connectivity index is 2.36. The van der Waals surface area contributed by atoms with Gasteiger partial charge in [-0.15, -0.1) is 0 Å². The maximum atomic E-state index is 10.5. The minimum atomic E-state index is -0.425. The molecule has 1 aromatic carbocycles. The molecule has 0 aromatic heterocycles. The molecule has 0 aliphatic rings. The topological polar surface area (TPSA) is 64.4 Å². The van der Waals surface area contributed by atoms with E-state index in [1.165, 1.54) is 12.1 Å². The zero-order valence-electron chi connectivity index (χ0n) is 9.31. The maximum Gasteiger partial charge on any atom is 0.273 e. The van der Waals surface area contributed by atoms with Gasteiger partial charge in [0.2, 0.25) is 0 Å². The molecule has 1 N–H and O–H groups in total. The molecule has 0 spiro atoms. The number of non-ortho nitro benzene ring substituents is 1. The second-order valence-corrected chi connectivity index (χ2v) is 3.31. The quantitative estimate of drug-likeness (QED) is 0.437. The summed E-state index contributed by atoms with van der Waals surface area (Å²) in [5.41, 5.74) is 0.0594. The van der Waals surface area contributed by atoms with E-state index in [2.05, 4.69) is 5.32 Å². The number of ether oxygens (including phenoxy) is 1. The lowest BCUT2D eigenvalue weighted by Crippen LogP contribution is -2.16. The Labute approximate surface area is 94.6 Å². The van der Waals surface area contributed by atoms with Crippen molar-refractivity contribution in [2.45, 2.75) is 13.3 Å². The summed E-state index contributed by atoms with van der Waals surface area (Å²) < 4.78 is 5.40. The lowest BCUT2D eigenvalue weighted by Gasteiger charge is -2.05. The number of nitrogens with one attached hydrogen (secondary N) is 1. The van der Waals surface area contributed by atoms with E-state index in [1.807, 2.05) is 6.92 Å². The molecule has 0 radical (unpaired) electrons. The van der Waals surface area contributed by atoms with Crippen molar-refractivity contribution < 1.29 is 9.66 Å². The Morgan fingerprint density at radius 1 is 1.50 bits per heavy atom. The molecule has 1 rings (SSSR count). The van der Waals surface area contributed by atoms with Gasteiger partial charge in [0.25, 0.3) is 5.69 Å². The van der Waals surface area contributed by atoms with Crippen molar-refractivity contribution in [3.8, 4) is 5.75 Å². The van der Waals surface area contributed by atoms with E-state index < -0.39 is 4.92 Å². The number of rotatable bonds is 7. The van der Waals surface area contributed by atoms with E-state index in [4.69, 9.17) is 4.74 Å². The highest BCUT2D eigenvalue weighted by atomic mass is 16.6. The highest BCUT2D eigenvalue weighted by Crippen LogP contribution is 2.18. The van der Waals surface area contributed by atoms with Gasteiger partial charge in [-0.1, -0.05) is 13.0 Å². The van der Waals surface area contributed by atoms with Crippen LogP contribution in [0.1, 0.15) is 13.3 Å². The molecule has 0 bridgehead atoms. The van der Waals surface area contributed by atoms with Crippen LogP contribution in [-0.2, 0) is 0 Å². The summed E-state index contributed by atoms with van der Waals surface area (Å²) in [5.74, 6) is 0.547. The van der Waals surface area contributed by atoms with Gasteiger partial charge in [0.15, 0.2) is 0 Å². The Morgan fingerprint density at radius 2 is 2.31 bits per heavy atom. The number of nitrogens with zero attached hydrogens (tertiary/aromatic N) is 1. The number of nitro benzene ring substituents is 1. The number of hydrogen-bond donors (Lipinski definition) is 1. The Morgan fingerprint density at radius 3 is 3.00 bits per heavy atom. The fourth-order valence-electron chi connectivity index (χ4n) is 1.25. The molecular formula is C11H16N2O3. The molecule has 88 valence electrons. The third-order valence-corrected chi connectivity index (χ3v) is 2.05. The van der Waals surface area contributed by atoms with Gasteiger partial charge < -0.3 is 10.1 Å². The van der Waals surface area contributed by atoms with E-state index in [0.29, 0.717) is 12.4 Å². The van der Waals surface area contributed by atoms with Crippen LogP contribution >= 0.6 is 0 Å². The molecule has 1 aromatic rings. The van der Waals surface area contributed by atoms with Crippen LogP contribution in [0.3, 0.4) is 0 Å². The zero-order chi connectivity index (χ0) is 11.8. The van der Waals surface area contributed by atoms with Crippen LogP contribution in [0.15, 0.2) is 24.3 Å². The fourth-order valence-corrected chi connectivity index (χ4v) is 1.25. The molecule has 0 atom stereocenters. The summed E-state index contributed by atoms with van der Waals surface area (Å²) >= 11 is 0. The minimum absolute atomic E-state index is 0.0594. The summed E-state index contributed by atoms with van der Waals surface area (Å²) in [5, 5.41) is 13.7. The van der Waals surface area contributed by atoms with Gasteiger partial charge >= 0.3 is 0 Å². The average Bonchev–Trinajstić information content (AvgIpc) is 2.29. The van der Waals surface area contributed by atoms with E-state index in [9.17, 15) is 10.1 Å². The van der Waals surface area contributed by atoms with Crippen molar-refractivity contribution in [3.63, 3.8) is 0 Å². The normalized spacial score (nSPS) is 10.1. The lowest BCUT2D eigenvalue weighted by molar-refractivity contribution is -0.384. The Bertz CT molecular complexity index is 342. The largest absolute Gasteiger partial charge is 0.493 e. The van der Waals surface area contributed by atoms with Crippen LogP contribution in [0.2, 0.25) is 0 Å². The predicted octanol–water partition coefficient (Wildman–Crippen LogP) is 1.97. The number of benzene rings is 1. The SMILES string of the molecule is CCNCCCOc1cccc([N+](=O)[O-])c1. The van der Waals surface area contributed by atoms with Gasteiger partial charge in [0, 0.05) is 6.07 Å². The van der Waals surface area contributed by atoms with Crippen molar-refractivity contribution in [2.24, 2.45) is 0 Å². The summed E-state index contributed by atoms with van der Waals surface area (Å²) in [6.07, 6.45) is 0.885. The Hall–Kier alpha value is -1.62. The standard InChI is InChI=1S/C11H16N2O3/c1-2-12-7-4-8-16-11-6-3-5-10(9-11)13(14)15/h3,5-6,9,12H,2,4,7-8H2,1H3. The molecule has 0 heterocycles. The van der Waals surface area contributed by atoms with E-state index in [1.54, 1.807) is 12.1 Å². The highest BCUT2D eigenvalue weighted by Gasteiger charge is 2.05. The molecule has 0 saturated carbocycles. The van der Waals surface area contributed by atoms with Crippen LogP contribution in [0.25, 0.3) is 0 Å². The molecular weight excluding hydrogens is 208 g/mol.